The first-order chi connectivity index (χ1) is 10.5. The molecule has 0 radical (unpaired) electrons. The summed E-state index contributed by atoms with van der Waals surface area (Å²) in [4.78, 5) is 20.5. The van der Waals surface area contributed by atoms with E-state index in [9.17, 15) is 4.79 Å². The van der Waals surface area contributed by atoms with Gasteiger partial charge in [0.25, 0.3) is 0 Å². The molecule has 5 heteroatoms. The Kier molecular flexibility index (Phi) is 4.33. The first-order valence-electron chi connectivity index (χ1n) is 8.75. The number of nitrogens with one attached hydrogen (secondary N) is 1. The predicted octanol–water partition coefficient (Wildman–Crippen LogP) is 1.69. The van der Waals surface area contributed by atoms with Crippen molar-refractivity contribution in [1.82, 2.24) is 15.1 Å². The van der Waals surface area contributed by atoms with Gasteiger partial charge in [-0.05, 0) is 50.4 Å². The van der Waals surface area contributed by atoms with Crippen LogP contribution in [0.15, 0.2) is 4.99 Å². The van der Waals surface area contributed by atoms with Crippen molar-refractivity contribution >= 4 is 11.9 Å². The van der Waals surface area contributed by atoms with Crippen LogP contribution in [-0.4, -0.2) is 61.4 Å². The topological polar surface area (TPSA) is 47.9 Å². The van der Waals surface area contributed by atoms with Crippen LogP contribution < -0.4 is 5.32 Å². The minimum atomic E-state index is 0.0657. The van der Waals surface area contributed by atoms with E-state index in [4.69, 9.17) is 0 Å². The maximum absolute atomic E-state index is 11.9. The van der Waals surface area contributed by atoms with E-state index in [0.717, 1.165) is 25.0 Å². The van der Waals surface area contributed by atoms with E-state index < -0.39 is 0 Å². The molecular weight excluding hydrogens is 276 g/mol. The minimum Gasteiger partial charge on any atom is -0.353 e. The molecule has 0 bridgehead atoms. The predicted molar refractivity (Wildman–Crippen MR) is 88.8 cm³/mol. The lowest BCUT2D eigenvalue weighted by atomic mass is 9.68. The largest absolute Gasteiger partial charge is 0.353 e. The molecule has 3 fully saturated rings. The zero-order chi connectivity index (χ0) is 15.7. The van der Waals surface area contributed by atoms with Gasteiger partial charge < -0.3 is 15.1 Å². The van der Waals surface area contributed by atoms with Gasteiger partial charge in [0.05, 0.1) is 0 Å². The van der Waals surface area contributed by atoms with Crippen molar-refractivity contribution in [2.24, 2.45) is 16.3 Å². The fourth-order valence-electron chi connectivity index (χ4n) is 3.64. The third kappa shape index (κ3) is 3.39. The summed E-state index contributed by atoms with van der Waals surface area (Å²) in [6.07, 6.45) is 8.04. The molecule has 2 aliphatic carbocycles. The second-order valence-corrected chi connectivity index (χ2v) is 7.72. The molecule has 1 amide bonds. The quantitative estimate of drug-likeness (QED) is 0.635. The van der Waals surface area contributed by atoms with Crippen molar-refractivity contribution in [3.63, 3.8) is 0 Å². The third-order valence-electron chi connectivity index (χ3n) is 5.70. The van der Waals surface area contributed by atoms with E-state index in [2.05, 4.69) is 22.1 Å². The second-order valence-electron chi connectivity index (χ2n) is 7.72. The van der Waals surface area contributed by atoms with Gasteiger partial charge in [0, 0.05) is 33.2 Å². The van der Waals surface area contributed by atoms with Gasteiger partial charge in [-0.1, -0.05) is 6.42 Å². The van der Waals surface area contributed by atoms with Crippen LogP contribution in [0.1, 0.15) is 45.4 Å². The number of rotatable bonds is 4. The highest BCUT2D eigenvalue weighted by Gasteiger charge is 2.44. The molecule has 1 spiro atoms. The van der Waals surface area contributed by atoms with Crippen LogP contribution in [0.25, 0.3) is 0 Å². The molecule has 1 aliphatic heterocycles. The van der Waals surface area contributed by atoms with Crippen LogP contribution in [0.4, 0.5) is 0 Å². The normalized spacial score (nSPS) is 25.0. The van der Waals surface area contributed by atoms with Gasteiger partial charge in [-0.3, -0.25) is 4.79 Å². The number of nitrogens with zero attached hydrogens (tertiary/aromatic N) is 3. The Hall–Kier alpha value is -1.26. The van der Waals surface area contributed by atoms with E-state index in [1.165, 1.54) is 38.5 Å². The summed E-state index contributed by atoms with van der Waals surface area (Å²) in [5, 5.41) is 3.61. The first kappa shape index (κ1) is 15.6. The Labute approximate surface area is 134 Å². The summed E-state index contributed by atoms with van der Waals surface area (Å²) in [6, 6.07) is 0.464. The smallest absolute Gasteiger partial charge is 0.243 e. The Morgan fingerprint density at radius 3 is 2.59 bits per heavy atom. The van der Waals surface area contributed by atoms with E-state index in [-0.39, 0.29) is 12.5 Å². The lowest BCUT2D eigenvalue weighted by Gasteiger charge is -2.38. The summed E-state index contributed by atoms with van der Waals surface area (Å²) in [7, 11) is 3.58. The molecule has 1 atom stereocenters. The lowest BCUT2D eigenvalue weighted by Crippen LogP contribution is -2.46. The summed E-state index contributed by atoms with van der Waals surface area (Å²) >= 11 is 0. The van der Waals surface area contributed by atoms with Crippen molar-refractivity contribution in [3.05, 3.63) is 0 Å². The van der Waals surface area contributed by atoms with E-state index in [1.54, 1.807) is 19.0 Å². The number of carbonyl (C=O) groups is 1. The summed E-state index contributed by atoms with van der Waals surface area (Å²) in [6.45, 7) is 4.69. The van der Waals surface area contributed by atoms with Crippen LogP contribution >= 0.6 is 0 Å². The molecule has 1 saturated heterocycles. The molecule has 0 aromatic carbocycles. The first-order valence-corrected chi connectivity index (χ1v) is 8.75. The van der Waals surface area contributed by atoms with Gasteiger partial charge in [0.1, 0.15) is 6.54 Å². The zero-order valence-corrected chi connectivity index (χ0v) is 14.3. The molecule has 1 N–H and O–H groups in total. The summed E-state index contributed by atoms with van der Waals surface area (Å²) < 4.78 is 0. The number of hydrogen-bond donors (Lipinski definition) is 1. The zero-order valence-electron chi connectivity index (χ0n) is 14.3. The average molecular weight is 306 g/mol. The maximum atomic E-state index is 11.9. The molecule has 0 aromatic heterocycles. The summed E-state index contributed by atoms with van der Waals surface area (Å²) in [5.74, 6) is 1.81. The van der Waals surface area contributed by atoms with Crippen molar-refractivity contribution in [2.45, 2.75) is 51.5 Å². The van der Waals surface area contributed by atoms with E-state index in [1.807, 2.05) is 0 Å². The molecule has 3 rings (SSSR count). The standard InChI is InChI=1S/C17H30N4O/c1-13(14-5-6-14)19-16(18-11-15(22)20(2)3)21-10-9-17(12-21)7-4-8-17/h13-14H,4-12H2,1-3H3,(H,18,19). The van der Waals surface area contributed by atoms with Gasteiger partial charge in [-0.15, -0.1) is 0 Å². The van der Waals surface area contributed by atoms with Gasteiger partial charge in [-0.25, -0.2) is 4.99 Å². The van der Waals surface area contributed by atoms with Crippen molar-refractivity contribution in [3.8, 4) is 0 Å². The van der Waals surface area contributed by atoms with Crippen LogP contribution in [0, 0.1) is 11.3 Å². The van der Waals surface area contributed by atoms with E-state index >= 15 is 0 Å². The molecule has 22 heavy (non-hydrogen) atoms. The molecule has 1 heterocycles. The van der Waals surface area contributed by atoms with Gasteiger partial charge in [0.15, 0.2) is 5.96 Å². The number of amides is 1. The van der Waals surface area contributed by atoms with E-state index in [0.29, 0.717) is 11.5 Å². The van der Waals surface area contributed by atoms with Crippen LogP contribution in [0.3, 0.4) is 0 Å². The highest BCUT2D eigenvalue weighted by molar-refractivity contribution is 5.85. The lowest BCUT2D eigenvalue weighted by molar-refractivity contribution is -0.127. The van der Waals surface area contributed by atoms with Crippen LogP contribution in [0.5, 0.6) is 0 Å². The number of likely N-dealkylation sites (N-methyl/N-ethyl adjacent to an activating group) is 1. The Bertz CT molecular complexity index is 452. The molecule has 2 saturated carbocycles. The van der Waals surface area contributed by atoms with Gasteiger partial charge in [0.2, 0.25) is 5.91 Å². The molecule has 0 aromatic rings. The second kappa shape index (κ2) is 6.09. The summed E-state index contributed by atoms with van der Waals surface area (Å²) in [5.41, 5.74) is 0.552. The van der Waals surface area contributed by atoms with Crippen molar-refractivity contribution in [1.29, 1.82) is 0 Å². The molecule has 5 nitrogen and oxygen atoms in total. The number of likely N-dealkylation sites (tertiary alicyclic amines) is 1. The fraction of sp³-hybridized carbons (Fsp3) is 0.882. The molecule has 3 aliphatic rings. The average Bonchev–Trinajstić information content (AvgIpc) is 3.19. The minimum absolute atomic E-state index is 0.0657. The van der Waals surface area contributed by atoms with Crippen LogP contribution in [0.2, 0.25) is 0 Å². The molecule has 124 valence electrons. The number of aliphatic imine (C=N–C) groups is 1. The number of carbonyl (C=O) groups excluding carboxylic acids is 1. The van der Waals surface area contributed by atoms with Gasteiger partial charge in [-0.2, -0.15) is 0 Å². The molecular formula is C17H30N4O. The maximum Gasteiger partial charge on any atom is 0.243 e. The van der Waals surface area contributed by atoms with Gasteiger partial charge >= 0.3 is 0 Å². The molecule has 1 unspecified atom stereocenters. The van der Waals surface area contributed by atoms with Crippen molar-refractivity contribution < 1.29 is 4.79 Å². The van der Waals surface area contributed by atoms with Crippen LogP contribution in [-0.2, 0) is 4.79 Å². The fourth-order valence-corrected chi connectivity index (χ4v) is 3.64. The Morgan fingerprint density at radius 1 is 1.36 bits per heavy atom. The SMILES string of the molecule is CC(NC(=NCC(=O)N(C)C)N1CCC2(CCC2)C1)C1CC1. The van der Waals surface area contributed by atoms with Crippen molar-refractivity contribution in [2.75, 3.05) is 33.7 Å². The third-order valence-corrected chi connectivity index (χ3v) is 5.70. The number of guanidine groups is 1. The Balaban J connectivity index is 1.65. The monoisotopic (exact) mass is 306 g/mol. The number of hydrogen-bond acceptors (Lipinski definition) is 2. The Morgan fingerprint density at radius 2 is 2.09 bits per heavy atom. The highest BCUT2D eigenvalue weighted by Crippen LogP contribution is 2.48. The highest BCUT2D eigenvalue weighted by atomic mass is 16.2.